The molecule has 0 spiro atoms. The fourth-order valence-electron chi connectivity index (χ4n) is 2.23. The Labute approximate surface area is 150 Å². The Bertz CT molecular complexity index is 643. The molecule has 1 heterocycles. The molecule has 0 aromatic heterocycles. The Kier molecular flexibility index (Phi) is 7.56. The van der Waals surface area contributed by atoms with Crippen molar-refractivity contribution in [2.75, 3.05) is 40.5 Å². The summed E-state index contributed by atoms with van der Waals surface area (Å²) in [5.41, 5.74) is 5.57. The van der Waals surface area contributed by atoms with Crippen molar-refractivity contribution in [3.05, 3.63) is 16.6 Å². The van der Waals surface area contributed by atoms with E-state index < -0.39 is 10.0 Å². The number of nitrogens with two attached hydrogens (primary N) is 1. The zero-order valence-corrected chi connectivity index (χ0v) is 16.0. The van der Waals surface area contributed by atoms with Gasteiger partial charge in [0.15, 0.2) is 11.5 Å². The number of methoxy groups -OCH3 is 2. The molecule has 1 fully saturated rings. The molecule has 1 saturated heterocycles. The smallest absolute Gasteiger partial charge is 0.244 e. The Morgan fingerprint density at radius 3 is 2.52 bits per heavy atom. The third-order valence-corrected chi connectivity index (χ3v) is 6.24. The highest BCUT2D eigenvalue weighted by molar-refractivity contribution is 9.10. The van der Waals surface area contributed by atoms with Gasteiger partial charge in [-0.15, -0.1) is 12.4 Å². The topological polar surface area (TPSA) is 91.1 Å². The van der Waals surface area contributed by atoms with E-state index >= 15 is 0 Å². The summed E-state index contributed by atoms with van der Waals surface area (Å²) in [5, 5.41) is 0. The van der Waals surface area contributed by atoms with Crippen LogP contribution in [-0.2, 0) is 14.8 Å². The number of halogens is 2. The van der Waals surface area contributed by atoms with Gasteiger partial charge in [0.25, 0.3) is 0 Å². The van der Waals surface area contributed by atoms with Crippen molar-refractivity contribution in [1.29, 1.82) is 0 Å². The number of hydrogen-bond donors (Lipinski definition) is 1. The summed E-state index contributed by atoms with van der Waals surface area (Å²) in [5.74, 6) is 0.808. The number of benzene rings is 1. The summed E-state index contributed by atoms with van der Waals surface area (Å²) in [6, 6.07) is 3.03. The molecular formula is C13H20BrClN2O5S. The summed E-state index contributed by atoms with van der Waals surface area (Å²) in [6.45, 7) is 1.13. The largest absolute Gasteiger partial charge is 0.493 e. The Morgan fingerprint density at radius 2 is 1.96 bits per heavy atom. The molecule has 0 bridgehead atoms. The second-order valence-electron chi connectivity index (χ2n) is 4.73. The lowest BCUT2D eigenvalue weighted by atomic mass is 10.3. The van der Waals surface area contributed by atoms with Gasteiger partial charge in [-0.2, -0.15) is 4.31 Å². The molecular weight excluding hydrogens is 412 g/mol. The van der Waals surface area contributed by atoms with Gasteiger partial charge in [-0.1, -0.05) is 0 Å². The first-order chi connectivity index (χ1) is 10.4. The molecule has 7 nitrogen and oxygen atoms in total. The van der Waals surface area contributed by atoms with Gasteiger partial charge in [0.05, 0.1) is 26.9 Å². The lowest BCUT2D eigenvalue weighted by Gasteiger charge is -2.31. The number of nitrogens with zero attached hydrogens (tertiary/aromatic N) is 1. The van der Waals surface area contributed by atoms with E-state index in [4.69, 9.17) is 19.9 Å². The molecule has 1 aromatic carbocycles. The molecule has 132 valence electrons. The highest BCUT2D eigenvalue weighted by Crippen LogP contribution is 2.36. The fraction of sp³-hybridized carbons (Fsp3) is 0.538. The van der Waals surface area contributed by atoms with Crippen molar-refractivity contribution in [1.82, 2.24) is 4.31 Å². The van der Waals surface area contributed by atoms with Gasteiger partial charge >= 0.3 is 0 Å². The van der Waals surface area contributed by atoms with E-state index in [0.717, 1.165) is 0 Å². The SMILES string of the molecule is COc1cc(Br)c(S(=O)(=O)N2CCOC(CN)C2)cc1OC.Cl. The van der Waals surface area contributed by atoms with Crippen LogP contribution >= 0.6 is 28.3 Å². The van der Waals surface area contributed by atoms with E-state index in [9.17, 15) is 8.42 Å². The first-order valence-corrected chi connectivity index (χ1v) is 8.90. The standard InChI is InChI=1S/C13H19BrN2O5S.ClH/c1-19-11-5-10(14)13(6-12(11)20-2)22(17,18)16-3-4-21-9(7-15)8-16;/h5-6,9H,3-4,7-8,15H2,1-2H3;1H. The third-order valence-electron chi connectivity index (χ3n) is 3.42. The van der Waals surface area contributed by atoms with Crippen LogP contribution in [0.15, 0.2) is 21.5 Å². The Balaban J connectivity index is 0.00000264. The van der Waals surface area contributed by atoms with E-state index in [2.05, 4.69) is 15.9 Å². The monoisotopic (exact) mass is 430 g/mol. The number of ether oxygens (including phenoxy) is 3. The van der Waals surface area contributed by atoms with Crippen LogP contribution in [0, 0.1) is 0 Å². The van der Waals surface area contributed by atoms with Crippen LogP contribution in [0.2, 0.25) is 0 Å². The summed E-state index contributed by atoms with van der Waals surface area (Å²) >= 11 is 3.29. The van der Waals surface area contributed by atoms with E-state index in [1.807, 2.05) is 0 Å². The summed E-state index contributed by atoms with van der Waals surface area (Å²) in [7, 11) is -0.726. The van der Waals surface area contributed by atoms with Gasteiger partial charge < -0.3 is 19.9 Å². The molecule has 0 radical (unpaired) electrons. The second kappa shape index (κ2) is 8.50. The van der Waals surface area contributed by atoms with Crippen LogP contribution in [0.3, 0.4) is 0 Å². The van der Waals surface area contributed by atoms with Crippen LogP contribution < -0.4 is 15.2 Å². The van der Waals surface area contributed by atoms with E-state index in [1.165, 1.54) is 24.6 Å². The molecule has 2 rings (SSSR count). The minimum Gasteiger partial charge on any atom is -0.493 e. The predicted molar refractivity (Wildman–Crippen MR) is 92.0 cm³/mol. The average Bonchev–Trinajstić information content (AvgIpc) is 2.54. The lowest BCUT2D eigenvalue weighted by Crippen LogP contribution is -2.48. The van der Waals surface area contributed by atoms with Gasteiger partial charge in [-0.05, 0) is 22.0 Å². The maximum atomic E-state index is 12.8. The first-order valence-electron chi connectivity index (χ1n) is 6.67. The van der Waals surface area contributed by atoms with Crippen LogP contribution in [0.1, 0.15) is 0 Å². The summed E-state index contributed by atoms with van der Waals surface area (Å²) in [4.78, 5) is 0.128. The molecule has 1 unspecified atom stereocenters. The fourth-order valence-corrected chi connectivity index (χ4v) is 4.68. The zero-order valence-electron chi connectivity index (χ0n) is 12.8. The van der Waals surface area contributed by atoms with Crippen molar-refractivity contribution >= 4 is 38.4 Å². The third kappa shape index (κ3) is 4.28. The van der Waals surface area contributed by atoms with E-state index in [1.54, 1.807) is 6.07 Å². The van der Waals surface area contributed by atoms with Gasteiger partial charge in [-0.3, -0.25) is 0 Å². The molecule has 23 heavy (non-hydrogen) atoms. The molecule has 2 N–H and O–H groups in total. The number of hydrogen-bond acceptors (Lipinski definition) is 6. The molecule has 1 aromatic rings. The normalized spacial score (nSPS) is 19.0. The molecule has 0 saturated carbocycles. The minimum atomic E-state index is -3.68. The van der Waals surface area contributed by atoms with Crippen LogP contribution in [0.4, 0.5) is 0 Å². The first kappa shape index (κ1) is 20.5. The maximum absolute atomic E-state index is 12.8. The van der Waals surface area contributed by atoms with Crippen molar-refractivity contribution in [3.63, 3.8) is 0 Å². The minimum absolute atomic E-state index is 0. The van der Waals surface area contributed by atoms with Crippen molar-refractivity contribution in [2.24, 2.45) is 5.73 Å². The Morgan fingerprint density at radius 1 is 1.35 bits per heavy atom. The zero-order chi connectivity index (χ0) is 16.3. The van der Waals surface area contributed by atoms with Crippen LogP contribution in [-0.4, -0.2) is 59.3 Å². The second-order valence-corrected chi connectivity index (χ2v) is 7.49. The predicted octanol–water partition coefficient (Wildman–Crippen LogP) is 1.24. The van der Waals surface area contributed by atoms with Gasteiger partial charge in [0.1, 0.15) is 4.90 Å². The van der Waals surface area contributed by atoms with Crippen molar-refractivity contribution in [2.45, 2.75) is 11.0 Å². The lowest BCUT2D eigenvalue weighted by molar-refractivity contribution is 0.00449. The molecule has 10 heteroatoms. The molecule has 0 amide bonds. The Hall–Kier alpha value is -0.580. The molecule has 1 aliphatic heterocycles. The molecule has 1 atom stereocenters. The average molecular weight is 432 g/mol. The number of sulfonamides is 1. The van der Waals surface area contributed by atoms with Gasteiger partial charge in [0.2, 0.25) is 10.0 Å². The van der Waals surface area contributed by atoms with E-state index in [-0.39, 0.29) is 36.5 Å². The summed E-state index contributed by atoms with van der Waals surface area (Å²) < 4.78 is 43.2. The number of morpholine rings is 1. The van der Waals surface area contributed by atoms with Gasteiger partial charge in [-0.25, -0.2) is 8.42 Å². The summed E-state index contributed by atoms with van der Waals surface area (Å²) in [6.07, 6.45) is -0.289. The highest BCUT2D eigenvalue weighted by Gasteiger charge is 2.32. The number of rotatable bonds is 5. The van der Waals surface area contributed by atoms with Crippen molar-refractivity contribution < 1.29 is 22.6 Å². The van der Waals surface area contributed by atoms with E-state index in [0.29, 0.717) is 29.1 Å². The van der Waals surface area contributed by atoms with Crippen LogP contribution in [0.5, 0.6) is 11.5 Å². The quantitative estimate of drug-likeness (QED) is 0.754. The highest BCUT2D eigenvalue weighted by atomic mass is 79.9. The van der Waals surface area contributed by atoms with Gasteiger partial charge in [0, 0.05) is 30.2 Å². The molecule has 1 aliphatic rings. The van der Waals surface area contributed by atoms with Crippen LogP contribution in [0.25, 0.3) is 0 Å². The van der Waals surface area contributed by atoms with Crippen molar-refractivity contribution in [3.8, 4) is 11.5 Å². The maximum Gasteiger partial charge on any atom is 0.244 e. The molecule has 0 aliphatic carbocycles.